The summed E-state index contributed by atoms with van der Waals surface area (Å²) in [5.41, 5.74) is 0.826. The standard InChI is InChI=1S/C25H30ClF2N7O/c1-14-5-7-18(8-6-14)35-23-21(31-25(35)32-22-19(27)10-16(26)11-20(22)28)12-29-24(33-23)30-17-4-3-9-34(13-17)15(2)36/h10-12,14,17-18H,3-9,13H2,1-2H3,(H,31,32)(H,29,30,33)/t14-,17-,18+/m1/s1. The van der Waals surface area contributed by atoms with Crippen LogP contribution in [0.25, 0.3) is 11.2 Å². The maximum absolute atomic E-state index is 14.6. The minimum Gasteiger partial charge on any atom is -0.350 e. The molecule has 1 atom stereocenters. The molecule has 0 bridgehead atoms. The van der Waals surface area contributed by atoms with Gasteiger partial charge in [0.2, 0.25) is 17.8 Å². The molecule has 2 aliphatic rings. The number of hydrogen-bond acceptors (Lipinski definition) is 6. The van der Waals surface area contributed by atoms with E-state index in [1.54, 1.807) is 13.1 Å². The third-order valence-corrected chi connectivity index (χ3v) is 7.45. The number of rotatable bonds is 5. The number of benzene rings is 1. The molecule has 1 aliphatic carbocycles. The Morgan fingerprint density at radius 2 is 1.83 bits per heavy atom. The summed E-state index contributed by atoms with van der Waals surface area (Å²) in [6.07, 6.45) is 7.36. The first-order chi connectivity index (χ1) is 17.3. The number of carbonyl (C=O) groups is 1. The van der Waals surface area contributed by atoms with Crippen LogP contribution in [0.3, 0.4) is 0 Å². The molecule has 2 fully saturated rings. The van der Waals surface area contributed by atoms with E-state index < -0.39 is 11.6 Å². The van der Waals surface area contributed by atoms with Crippen molar-refractivity contribution in [3.8, 4) is 0 Å². The van der Waals surface area contributed by atoms with E-state index in [4.69, 9.17) is 16.6 Å². The molecule has 2 aromatic heterocycles. The number of imidazole rings is 1. The highest BCUT2D eigenvalue weighted by Crippen LogP contribution is 2.37. The highest BCUT2D eigenvalue weighted by molar-refractivity contribution is 6.30. The minimum absolute atomic E-state index is 0.0158. The first kappa shape index (κ1) is 24.7. The molecule has 1 saturated heterocycles. The van der Waals surface area contributed by atoms with Gasteiger partial charge in [0.05, 0.1) is 6.20 Å². The van der Waals surface area contributed by atoms with Gasteiger partial charge in [-0.3, -0.25) is 9.36 Å². The molecule has 0 spiro atoms. The smallest absolute Gasteiger partial charge is 0.225 e. The number of likely N-dealkylation sites (tertiary alicyclic amines) is 1. The van der Waals surface area contributed by atoms with Crippen LogP contribution in [0.15, 0.2) is 18.3 Å². The van der Waals surface area contributed by atoms with Crippen LogP contribution in [0.4, 0.5) is 26.4 Å². The molecule has 192 valence electrons. The van der Waals surface area contributed by atoms with Crippen LogP contribution in [0.1, 0.15) is 58.4 Å². The first-order valence-electron chi connectivity index (χ1n) is 12.5. The molecule has 3 aromatic rings. The summed E-state index contributed by atoms with van der Waals surface area (Å²) in [6, 6.07) is 2.26. The van der Waals surface area contributed by atoms with Crippen molar-refractivity contribution in [3.63, 3.8) is 0 Å². The Morgan fingerprint density at radius 1 is 1.11 bits per heavy atom. The topological polar surface area (TPSA) is 88.0 Å². The number of aromatic nitrogens is 4. The Bertz CT molecular complexity index is 1250. The summed E-state index contributed by atoms with van der Waals surface area (Å²) in [7, 11) is 0. The monoisotopic (exact) mass is 517 g/mol. The van der Waals surface area contributed by atoms with Gasteiger partial charge in [0, 0.05) is 37.1 Å². The molecule has 2 N–H and O–H groups in total. The number of anilines is 3. The van der Waals surface area contributed by atoms with E-state index in [2.05, 4.69) is 27.5 Å². The summed E-state index contributed by atoms with van der Waals surface area (Å²) in [5, 5.41) is 6.21. The zero-order valence-corrected chi connectivity index (χ0v) is 21.2. The number of carbonyl (C=O) groups excluding carboxylic acids is 1. The lowest BCUT2D eigenvalue weighted by atomic mass is 9.87. The Morgan fingerprint density at radius 3 is 2.53 bits per heavy atom. The van der Waals surface area contributed by atoms with Crippen molar-refractivity contribution in [1.82, 2.24) is 24.4 Å². The number of fused-ring (bicyclic) bond motifs is 1. The van der Waals surface area contributed by atoms with Gasteiger partial charge in [0.1, 0.15) is 11.2 Å². The summed E-state index contributed by atoms with van der Waals surface area (Å²) in [4.78, 5) is 27.5. The molecule has 3 heterocycles. The summed E-state index contributed by atoms with van der Waals surface area (Å²) in [5.74, 6) is -0.149. The van der Waals surface area contributed by atoms with Gasteiger partial charge in [0.15, 0.2) is 17.3 Å². The highest BCUT2D eigenvalue weighted by atomic mass is 35.5. The third kappa shape index (κ3) is 5.09. The third-order valence-electron chi connectivity index (χ3n) is 7.23. The molecular weight excluding hydrogens is 488 g/mol. The van der Waals surface area contributed by atoms with Crippen LogP contribution in [-0.2, 0) is 4.79 Å². The largest absolute Gasteiger partial charge is 0.350 e. The van der Waals surface area contributed by atoms with Crippen molar-refractivity contribution in [2.45, 2.75) is 64.5 Å². The average molecular weight is 518 g/mol. The predicted octanol–water partition coefficient (Wildman–Crippen LogP) is 5.68. The Hall–Kier alpha value is -3.01. The maximum atomic E-state index is 14.6. The zero-order chi connectivity index (χ0) is 25.4. The molecule has 11 heteroatoms. The first-order valence-corrected chi connectivity index (χ1v) is 12.8. The van der Waals surface area contributed by atoms with Gasteiger partial charge in [-0.2, -0.15) is 4.98 Å². The van der Waals surface area contributed by atoms with Crippen molar-refractivity contribution in [2.75, 3.05) is 23.7 Å². The van der Waals surface area contributed by atoms with Crippen molar-refractivity contribution >= 4 is 46.3 Å². The number of piperidine rings is 1. The second kappa shape index (κ2) is 10.2. The fraction of sp³-hybridized carbons (Fsp3) is 0.520. The summed E-state index contributed by atoms with van der Waals surface area (Å²) >= 11 is 5.80. The Kier molecular flexibility index (Phi) is 6.96. The second-order valence-electron chi connectivity index (χ2n) is 9.94. The van der Waals surface area contributed by atoms with Crippen LogP contribution in [0, 0.1) is 17.6 Å². The SMILES string of the molecule is CC(=O)N1CCC[C@@H](Nc2ncc3nc(Nc4c(F)cc(Cl)cc4F)n([C@H]4CC[C@@H](C)CC4)c3n2)C1. The van der Waals surface area contributed by atoms with Crippen LogP contribution >= 0.6 is 11.6 Å². The number of nitrogens with one attached hydrogen (secondary N) is 2. The summed E-state index contributed by atoms with van der Waals surface area (Å²) in [6.45, 7) is 5.17. The summed E-state index contributed by atoms with van der Waals surface area (Å²) < 4.78 is 31.2. The lowest BCUT2D eigenvalue weighted by Crippen LogP contribution is -2.44. The van der Waals surface area contributed by atoms with E-state index in [-0.39, 0.29) is 28.7 Å². The van der Waals surface area contributed by atoms with E-state index in [9.17, 15) is 13.6 Å². The second-order valence-corrected chi connectivity index (χ2v) is 10.4. The van der Waals surface area contributed by atoms with E-state index in [1.165, 1.54) is 0 Å². The van der Waals surface area contributed by atoms with Gasteiger partial charge in [0.25, 0.3) is 0 Å². The van der Waals surface area contributed by atoms with Crippen molar-refractivity contribution in [2.24, 2.45) is 5.92 Å². The van der Waals surface area contributed by atoms with E-state index >= 15 is 0 Å². The van der Waals surface area contributed by atoms with E-state index in [0.717, 1.165) is 57.2 Å². The maximum Gasteiger partial charge on any atom is 0.225 e. The van der Waals surface area contributed by atoms with E-state index in [0.29, 0.717) is 35.5 Å². The van der Waals surface area contributed by atoms with Gasteiger partial charge in [-0.25, -0.2) is 18.7 Å². The Balaban J connectivity index is 1.50. The van der Waals surface area contributed by atoms with Crippen LogP contribution in [-0.4, -0.2) is 49.5 Å². The van der Waals surface area contributed by atoms with Crippen molar-refractivity contribution in [3.05, 3.63) is 35.0 Å². The van der Waals surface area contributed by atoms with Crippen LogP contribution in [0.5, 0.6) is 0 Å². The molecule has 36 heavy (non-hydrogen) atoms. The lowest BCUT2D eigenvalue weighted by Gasteiger charge is -2.32. The molecule has 1 aromatic carbocycles. The van der Waals surface area contributed by atoms with E-state index in [1.807, 2.05) is 9.47 Å². The van der Waals surface area contributed by atoms with Gasteiger partial charge in [-0.15, -0.1) is 0 Å². The fourth-order valence-corrected chi connectivity index (χ4v) is 5.42. The van der Waals surface area contributed by atoms with Crippen molar-refractivity contribution < 1.29 is 13.6 Å². The minimum atomic E-state index is -0.795. The molecule has 1 saturated carbocycles. The quantitative estimate of drug-likeness (QED) is 0.453. The van der Waals surface area contributed by atoms with Gasteiger partial charge < -0.3 is 15.5 Å². The predicted molar refractivity (Wildman–Crippen MR) is 136 cm³/mol. The van der Waals surface area contributed by atoms with Crippen LogP contribution < -0.4 is 10.6 Å². The Labute approximate surface area is 213 Å². The lowest BCUT2D eigenvalue weighted by molar-refractivity contribution is -0.129. The fourth-order valence-electron chi connectivity index (χ4n) is 5.23. The molecule has 8 nitrogen and oxygen atoms in total. The van der Waals surface area contributed by atoms with Gasteiger partial charge in [-0.1, -0.05) is 18.5 Å². The van der Waals surface area contributed by atoms with Gasteiger partial charge >= 0.3 is 0 Å². The number of amides is 1. The molecule has 0 radical (unpaired) electrons. The van der Waals surface area contributed by atoms with Crippen LogP contribution in [0.2, 0.25) is 5.02 Å². The number of nitrogens with zero attached hydrogens (tertiary/aromatic N) is 5. The molecular formula is C25H30ClF2N7O. The number of halogens is 3. The molecule has 5 rings (SSSR count). The highest BCUT2D eigenvalue weighted by Gasteiger charge is 2.27. The normalized spacial score (nSPS) is 22.6. The average Bonchev–Trinajstić information content (AvgIpc) is 3.19. The van der Waals surface area contributed by atoms with Gasteiger partial charge in [-0.05, 0) is 56.6 Å². The van der Waals surface area contributed by atoms with Crippen molar-refractivity contribution in [1.29, 1.82) is 0 Å². The molecule has 1 aliphatic heterocycles. The number of hydrogen-bond donors (Lipinski definition) is 2. The molecule has 0 unspecified atom stereocenters. The molecule has 1 amide bonds. The zero-order valence-electron chi connectivity index (χ0n) is 20.4.